The van der Waals surface area contributed by atoms with Gasteiger partial charge in [-0.05, 0) is 72.6 Å². The molecule has 2 aromatic heterocycles. The molecular weight excluding hydrogens is 1350 g/mol. The highest BCUT2D eigenvalue weighted by atomic mass is 16.6. The molecule has 0 bridgehead atoms. The highest BCUT2D eigenvalue weighted by Gasteiger charge is 2.21. The van der Waals surface area contributed by atoms with Gasteiger partial charge < -0.3 is 114 Å². The van der Waals surface area contributed by atoms with Gasteiger partial charge in [-0.1, -0.05) is 90.4 Å². The number of benzene rings is 2. The quantitative estimate of drug-likeness (QED) is 0.0236. The lowest BCUT2D eigenvalue weighted by Gasteiger charge is -2.19. The molecule has 26 heteroatoms. The molecule has 0 atom stereocenters. The van der Waals surface area contributed by atoms with Crippen LogP contribution in [-0.2, 0) is 85.3 Å². The fourth-order valence-electron chi connectivity index (χ4n) is 10.1. The number of hydrogen-bond acceptors (Lipinski definition) is 24. The molecule has 0 unspecified atom stereocenters. The van der Waals surface area contributed by atoms with Gasteiger partial charge in [0, 0.05) is 38.3 Å². The van der Waals surface area contributed by atoms with Crippen molar-refractivity contribution in [2.24, 2.45) is 0 Å². The lowest BCUT2D eigenvalue weighted by Crippen LogP contribution is -2.16. The van der Waals surface area contributed by atoms with Crippen LogP contribution in [0, 0.1) is 0 Å². The number of ether oxygens (including phenoxy) is 22. The molecule has 0 saturated carbocycles. The molecule has 0 fully saturated rings. The van der Waals surface area contributed by atoms with Crippen molar-refractivity contribution < 1.29 is 114 Å². The summed E-state index contributed by atoms with van der Waals surface area (Å²) in [6.07, 6.45) is 18.0. The van der Waals surface area contributed by atoms with Crippen molar-refractivity contribution in [2.75, 3.05) is 266 Å². The summed E-state index contributed by atoms with van der Waals surface area (Å²) in [5, 5.41) is 0. The van der Waals surface area contributed by atoms with E-state index < -0.39 is 0 Å². The van der Waals surface area contributed by atoms with Crippen LogP contribution < -0.4 is 18.9 Å². The first-order valence-corrected chi connectivity index (χ1v) is 37.8. The molecular formula is C78H128N2O24. The van der Waals surface area contributed by atoms with Crippen LogP contribution in [0.5, 0.6) is 23.0 Å². The number of carbonyl (C=O) groups is 2. The van der Waals surface area contributed by atoms with Crippen LogP contribution in [-0.4, -0.2) is 287 Å². The van der Waals surface area contributed by atoms with E-state index in [9.17, 15) is 9.59 Å². The van der Waals surface area contributed by atoms with E-state index >= 15 is 0 Å². The predicted octanol–water partition coefficient (Wildman–Crippen LogP) is 11.3. The van der Waals surface area contributed by atoms with Crippen molar-refractivity contribution in [3.8, 4) is 45.5 Å². The summed E-state index contributed by atoms with van der Waals surface area (Å²) in [5.74, 6) is 1.09. The van der Waals surface area contributed by atoms with Gasteiger partial charge in [-0.3, -0.25) is 9.59 Å². The summed E-state index contributed by atoms with van der Waals surface area (Å²) in [4.78, 5) is 34.1. The van der Waals surface area contributed by atoms with Crippen LogP contribution in [0.3, 0.4) is 0 Å². The number of Topliss-reactive ketones (excluding diaryl/α,β-unsaturated/α-hetero) is 2. The second-order valence-corrected chi connectivity index (χ2v) is 24.1. The lowest BCUT2D eigenvalue weighted by atomic mass is 10.0. The van der Waals surface area contributed by atoms with Crippen LogP contribution in [0.4, 0.5) is 0 Å². The van der Waals surface area contributed by atoms with Gasteiger partial charge in [0.05, 0.1) is 242 Å². The van der Waals surface area contributed by atoms with Gasteiger partial charge >= 0.3 is 0 Å². The molecule has 0 amide bonds. The standard InChI is InChI=1S/C78H128N2O24/c1-5-6-7-8-9-10-11-12-13-14-15-16-17-18-27-101-69-21-19-67(20-22-69)70-23-25-72(79-70)74(81)66-75(82)73-26-24-71(80-73)68-64-76(102-61-58-98-55-52-95-49-46-92-43-40-89-37-34-86-31-28-83-2)78(104-63-60-100-57-54-97-51-48-94-45-42-91-39-36-88-33-30-85-4)77(65-68)103-62-59-99-56-53-96-50-47-93-44-41-90-38-35-87-32-29-84-3/h19-26,64-65,79-80H,5-18,27-63,66H2,1-4H3. The Balaban J connectivity index is 1.33. The molecule has 0 aliphatic rings. The van der Waals surface area contributed by atoms with Crippen LogP contribution in [0.2, 0.25) is 0 Å². The van der Waals surface area contributed by atoms with Gasteiger partial charge in [0.2, 0.25) is 5.75 Å². The summed E-state index contributed by atoms with van der Waals surface area (Å²) < 4.78 is 125. The van der Waals surface area contributed by atoms with E-state index in [-0.39, 0.29) is 63.3 Å². The second-order valence-electron chi connectivity index (χ2n) is 24.1. The van der Waals surface area contributed by atoms with Gasteiger partial charge in [-0.2, -0.15) is 0 Å². The normalized spacial score (nSPS) is 11.5. The van der Waals surface area contributed by atoms with Gasteiger partial charge in [-0.25, -0.2) is 0 Å². The first kappa shape index (κ1) is 91.2. The Morgan fingerprint density at radius 1 is 0.269 bits per heavy atom. The van der Waals surface area contributed by atoms with Crippen LogP contribution in [0.25, 0.3) is 22.5 Å². The van der Waals surface area contributed by atoms with E-state index in [2.05, 4.69) is 16.9 Å². The van der Waals surface area contributed by atoms with Crippen LogP contribution in [0.1, 0.15) is 124 Å². The molecule has 0 saturated heterocycles. The Bertz CT molecular complexity index is 2530. The number of H-pyrrole nitrogens is 2. The zero-order valence-corrected chi connectivity index (χ0v) is 63.3. The average Bonchev–Trinajstić information content (AvgIpc) is 1.59. The third kappa shape index (κ3) is 48.2. The molecule has 0 aliphatic carbocycles. The largest absolute Gasteiger partial charge is 0.494 e. The number of rotatable bonds is 79. The minimum atomic E-state index is -0.383. The van der Waals surface area contributed by atoms with Gasteiger partial charge in [0.15, 0.2) is 23.1 Å². The molecule has 2 N–H and O–H groups in total. The van der Waals surface area contributed by atoms with E-state index in [0.29, 0.717) is 239 Å². The van der Waals surface area contributed by atoms with Crippen molar-refractivity contribution >= 4 is 11.6 Å². The summed E-state index contributed by atoms with van der Waals surface area (Å²) >= 11 is 0. The SMILES string of the molecule is CCCCCCCCCCCCCCCCOc1ccc(-c2ccc(C(=O)CC(=O)c3ccc(-c4cc(OCCOCCOCCOCCOCCOCCOC)c(OCCOCCOCCOCCOCCOCCOC)c(OCCOCCOCCOCCOCCOCCOC)c4)[nH]3)[nH]2)cc1. The maximum Gasteiger partial charge on any atom is 0.203 e. The van der Waals surface area contributed by atoms with Gasteiger partial charge in [0.25, 0.3) is 0 Å². The molecule has 594 valence electrons. The first-order chi connectivity index (χ1) is 51.5. The van der Waals surface area contributed by atoms with Crippen molar-refractivity contribution in [3.63, 3.8) is 0 Å². The number of ketones is 2. The van der Waals surface area contributed by atoms with Crippen LogP contribution in [0.15, 0.2) is 60.7 Å². The topological polar surface area (TPSA) is 269 Å². The Morgan fingerprint density at radius 2 is 0.538 bits per heavy atom. The number of aromatic nitrogens is 2. The van der Waals surface area contributed by atoms with Crippen LogP contribution >= 0.6 is 0 Å². The molecule has 104 heavy (non-hydrogen) atoms. The lowest BCUT2D eigenvalue weighted by molar-refractivity contribution is -0.0165. The zero-order valence-electron chi connectivity index (χ0n) is 63.3. The van der Waals surface area contributed by atoms with E-state index in [1.165, 1.54) is 83.5 Å². The molecule has 26 nitrogen and oxygen atoms in total. The van der Waals surface area contributed by atoms with Gasteiger partial charge in [0.1, 0.15) is 25.6 Å². The van der Waals surface area contributed by atoms with Crippen molar-refractivity contribution in [3.05, 3.63) is 72.1 Å². The van der Waals surface area contributed by atoms with E-state index in [1.54, 1.807) is 51.7 Å². The van der Waals surface area contributed by atoms with E-state index in [0.717, 1.165) is 23.4 Å². The second kappa shape index (κ2) is 67.2. The third-order valence-corrected chi connectivity index (χ3v) is 15.8. The molecule has 2 aromatic carbocycles. The third-order valence-electron chi connectivity index (χ3n) is 15.8. The zero-order chi connectivity index (χ0) is 73.7. The summed E-state index contributed by atoms with van der Waals surface area (Å²) in [7, 11) is 4.90. The fraction of sp³-hybridized carbons (Fsp3) is 0.718. The first-order valence-electron chi connectivity index (χ1n) is 37.8. The maximum atomic E-state index is 13.9. The molecule has 4 aromatic rings. The minimum Gasteiger partial charge on any atom is -0.494 e. The summed E-state index contributed by atoms with van der Waals surface area (Å²) in [6.45, 7) is 17.4. The summed E-state index contributed by atoms with van der Waals surface area (Å²) in [6, 6.07) is 18.4. The smallest absolute Gasteiger partial charge is 0.203 e. The van der Waals surface area contributed by atoms with Crippen molar-refractivity contribution in [1.29, 1.82) is 0 Å². The Kier molecular flexibility index (Phi) is 58.9. The Labute approximate surface area is 619 Å². The van der Waals surface area contributed by atoms with Crippen molar-refractivity contribution in [1.82, 2.24) is 9.97 Å². The molecule has 0 aliphatic heterocycles. The van der Waals surface area contributed by atoms with E-state index in [4.69, 9.17) is 104 Å². The number of carbonyl (C=O) groups excluding carboxylic acids is 2. The number of methoxy groups -OCH3 is 3. The highest BCUT2D eigenvalue weighted by Crippen LogP contribution is 2.42. The number of nitrogens with one attached hydrogen (secondary N) is 2. The maximum absolute atomic E-state index is 13.9. The van der Waals surface area contributed by atoms with Gasteiger partial charge in [-0.15, -0.1) is 0 Å². The summed E-state index contributed by atoms with van der Waals surface area (Å²) in [5.41, 5.74) is 3.43. The Hall–Kier alpha value is -5.18. The minimum absolute atomic E-state index is 0.134. The Morgan fingerprint density at radius 3 is 0.846 bits per heavy atom. The fourth-order valence-corrected chi connectivity index (χ4v) is 10.1. The molecule has 2 heterocycles. The number of hydrogen-bond donors (Lipinski definition) is 2. The molecule has 4 rings (SSSR count). The number of unbranched alkanes of at least 4 members (excludes halogenated alkanes) is 13. The van der Waals surface area contributed by atoms with E-state index in [1.807, 2.05) is 30.3 Å². The molecule has 0 radical (unpaired) electrons. The van der Waals surface area contributed by atoms with Crippen molar-refractivity contribution in [2.45, 2.75) is 103 Å². The monoisotopic (exact) mass is 1480 g/mol. The predicted molar refractivity (Wildman–Crippen MR) is 396 cm³/mol. The number of aromatic amines is 2. The molecule has 0 spiro atoms. The average molecular weight is 1480 g/mol. The highest BCUT2D eigenvalue weighted by molar-refractivity contribution is 6.12.